The van der Waals surface area contributed by atoms with Crippen LogP contribution in [0.5, 0.6) is 5.75 Å². The number of carbonyl (C=O) groups is 2. The Morgan fingerprint density at radius 2 is 1.51 bits per heavy atom. The van der Waals surface area contributed by atoms with Gasteiger partial charge in [-0.25, -0.2) is 0 Å². The number of hydrogen-bond acceptors (Lipinski definition) is 3. The summed E-state index contributed by atoms with van der Waals surface area (Å²) < 4.78 is 6.08. The first-order valence-corrected chi connectivity index (χ1v) is 13.0. The fourth-order valence-electron chi connectivity index (χ4n) is 4.16. The van der Waals surface area contributed by atoms with E-state index in [4.69, 9.17) is 16.3 Å². The van der Waals surface area contributed by atoms with Crippen LogP contribution in [0.4, 0.5) is 0 Å². The topological polar surface area (TPSA) is 58.6 Å². The van der Waals surface area contributed by atoms with Gasteiger partial charge in [-0.05, 0) is 54.2 Å². The summed E-state index contributed by atoms with van der Waals surface area (Å²) in [5.74, 6) is 0.204. The van der Waals surface area contributed by atoms with E-state index in [9.17, 15) is 9.59 Å². The lowest BCUT2D eigenvalue weighted by Gasteiger charge is -2.32. The van der Waals surface area contributed by atoms with E-state index in [1.165, 1.54) is 0 Å². The first-order chi connectivity index (χ1) is 17.5. The molecule has 2 amide bonds. The Labute approximate surface area is 225 Å². The molecule has 0 saturated heterocycles. The number of nitrogens with one attached hydrogen (secondary N) is 1. The lowest BCUT2D eigenvalue weighted by atomic mass is 9.86. The minimum absolute atomic E-state index is 0.0619. The van der Waals surface area contributed by atoms with Gasteiger partial charge < -0.3 is 15.0 Å². The summed E-state index contributed by atoms with van der Waals surface area (Å²) >= 11 is 6.09. The van der Waals surface area contributed by atoms with Gasteiger partial charge in [-0.1, -0.05) is 93.0 Å². The fourth-order valence-corrected chi connectivity index (χ4v) is 4.28. The molecule has 37 heavy (non-hydrogen) atoms. The van der Waals surface area contributed by atoms with Crippen molar-refractivity contribution in [2.45, 2.75) is 65.1 Å². The van der Waals surface area contributed by atoms with Gasteiger partial charge in [-0.2, -0.15) is 0 Å². The average Bonchev–Trinajstić information content (AvgIpc) is 2.85. The maximum atomic E-state index is 13.8. The van der Waals surface area contributed by atoms with E-state index in [1.807, 2.05) is 80.6 Å². The third kappa shape index (κ3) is 8.36. The Balaban J connectivity index is 1.93. The summed E-state index contributed by atoms with van der Waals surface area (Å²) in [7, 11) is 0. The Kier molecular flexibility index (Phi) is 9.76. The van der Waals surface area contributed by atoms with Crippen molar-refractivity contribution in [3.05, 3.63) is 101 Å². The smallest absolute Gasteiger partial charge is 0.261 e. The molecule has 196 valence electrons. The summed E-state index contributed by atoms with van der Waals surface area (Å²) in [6.07, 6.45) is 0.386. The van der Waals surface area contributed by atoms with Crippen LogP contribution in [-0.4, -0.2) is 35.4 Å². The molecule has 0 fully saturated rings. The number of para-hydroxylation sites is 1. The molecule has 6 heteroatoms. The molecule has 5 nitrogen and oxygen atoms in total. The van der Waals surface area contributed by atoms with Crippen LogP contribution in [0.15, 0.2) is 78.9 Å². The van der Waals surface area contributed by atoms with Crippen LogP contribution in [0, 0.1) is 0 Å². The number of rotatable bonds is 10. The number of nitrogens with zero attached hydrogens (tertiary/aromatic N) is 1. The molecule has 1 unspecified atom stereocenters. The summed E-state index contributed by atoms with van der Waals surface area (Å²) in [4.78, 5) is 28.8. The zero-order valence-corrected chi connectivity index (χ0v) is 23.1. The van der Waals surface area contributed by atoms with Crippen molar-refractivity contribution in [2.75, 3.05) is 6.61 Å². The first-order valence-electron chi connectivity index (χ1n) is 12.6. The molecular formula is C31H37ClN2O3. The van der Waals surface area contributed by atoms with Crippen LogP contribution in [0.25, 0.3) is 0 Å². The van der Waals surface area contributed by atoms with Crippen molar-refractivity contribution in [1.82, 2.24) is 10.2 Å². The van der Waals surface area contributed by atoms with Crippen molar-refractivity contribution >= 4 is 23.4 Å². The van der Waals surface area contributed by atoms with Crippen LogP contribution in [0.2, 0.25) is 5.02 Å². The second kappa shape index (κ2) is 12.8. The van der Waals surface area contributed by atoms with Crippen molar-refractivity contribution < 1.29 is 14.3 Å². The van der Waals surface area contributed by atoms with E-state index >= 15 is 0 Å². The second-order valence-corrected chi connectivity index (χ2v) is 11.0. The van der Waals surface area contributed by atoms with Gasteiger partial charge in [0.25, 0.3) is 5.91 Å². The van der Waals surface area contributed by atoms with Crippen molar-refractivity contribution in [3.63, 3.8) is 0 Å². The van der Waals surface area contributed by atoms with E-state index in [2.05, 4.69) is 26.1 Å². The maximum absolute atomic E-state index is 13.8. The highest BCUT2D eigenvalue weighted by atomic mass is 35.5. The van der Waals surface area contributed by atoms with Gasteiger partial charge in [0.1, 0.15) is 11.8 Å². The molecule has 0 spiro atoms. The molecule has 0 aromatic heterocycles. The normalized spacial score (nSPS) is 12.2. The van der Waals surface area contributed by atoms with Gasteiger partial charge in [-0.3, -0.25) is 9.59 Å². The second-order valence-electron chi connectivity index (χ2n) is 10.6. The Hall–Kier alpha value is -3.31. The van der Waals surface area contributed by atoms with Gasteiger partial charge in [-0.15, -0.1) is 0 Å². The average molecular weight is 521 g/mol. The van der Waals surface area contributed by atoms with Crippen molar-refractivity contribution in [1.29, 1.82) is 0 Å². The van der Waals surface area contributed by atoms with Crippen LogP contribution >= 0.6 is 11.6 Å². The molecule has 0 aliphatic carbocycles. The Bertz CT molecular complexity index is 1170. The van der Waals surface area contributed by atoms with Gasteiger partial charge in [0.05, 0.1) is 0 Å². The molecule has 3 rings (SSSR count). The highest BCUT2D eigenvalue weighted by molar-refractivity contribution is 6.30. The van der Waals surface area contributed by atoms with Gasteiger partial charge in [0, 0.05) is 24.0 Å². The maximum Gasteiger partial charge on any atom is 0.261 e. The monoisotopic (exact) mass is 520 g/mol. The van der Waals surface area contributed by atoms with Gasteiger partial charge >= 0.3 is 0 Å². The zero-order chi connectivity index (χ0) is 27.0. The fraction of sp³-hybridized carbons (Fsp3) is 0.355. The number of hydrogen-bond donors (Lipinski definition) is 1. The lowest BCUT2D eigenvalue weighted by Crippen LogP contribution is -2.52. The molecule has 1 atom stereocenters. The zero-order valence-electron chi connectivity index (χ0n) is 22.3. The molecule has 0 aliphatic rings. The molecular weight excluding hydrogens is 484 g/mol. The van der Waals surface area contributed by atoms with Crippen LogP contribution in [0.1, 0.15) is 51.3 Å². The van der Waals surface area contributed by atoms with Crippen LogP contribution < -0.4 is 10.1 Å². The number of carbonyl (C=O) groups excluding carboxylic acids is 2. The molecule has 1 N–H and O–H groups in total. The first kappa shape index (κ1) is 28.3. The summed E-state index contributed by atoms with van der Waals surface area (Å²) in [5.41, 5.74) is 2.73. The summed E-state index contributed by atoms with van der Waals surface area (Å²) in [6, 6.07) is 24.0. The molecule has 0 radical (unpaired) electrons. The van der Waals surface area contributed by atoms with Crippen molar-refractivity contribution in [2.24, 2.45) is 0 Å². The molecule has 0 bridgehead atoms. The minimum atomic E-state index is -0.713. The predicted octanol–water partition coefficient (Wildman–Crippen LogP) is 6.18. The Morgan fingerprint density at radius 1 is 0.892 bits per heavy atom. The molecule has 0 saturated carbocycles. The predicted molar refractivity (Wildman–Crippen MR) is 150 cm³/mol. The van der Waals surface area contributed by atoms with E-state index in [0.29, 0.717) is 17.2 Å². The largest absolute Gasteiger partial charge is 0.483 e. The molecule has 3 aromatic carbocycles. The third-order valence-electron chi connectivity index (χ3n) is 6.01. The number of amides is 2. The number of benzene rings is 3. The third-order valence-corrected chi connectivity index (χ3v) is 6.27. The highest BCUT2D eigenvalue weighted by Crippen LogP contribution is 2.31. The van der Waals surface area contributed by atoms with E-state index in [0.717, 1.165) is 16.7 Å². The SMILES string of the molecule is CC(C)NC(=O)C(Cc1ccccc1)N(Cc1ccc(Cl)cc1)C(=O)COc1ccccc1C(C)(C)C. The van der Waals surface area contributed by atoms with Crippen LogP contribution in [-0.2, 0) is 28.0 Å². The standard InChI is InChI=1S/C31H37ClN2O3/c1-22(2)33-30(36)27(19-23-11-7-6-8-12-23)34(20-24-15-17-25(32)18-16-24)29(35)21-37-28-14-10-9-13-26(28)31(3,4)5/h6-18,22,27H,19-21H2,1-5H3,(H,33,36). The Morgan fingerprint density at radius 3 is 2.14 bits per heavy atom. The minimum Gasteiger partial charge on any atom is -0.483 e. The molecule has 0 heterocycles. The van der Waals surface area contributed by atoms with E-state index in [-0.39, 0.29) is 36.4 Å². The number of ether oxygens (including phenoxy) is 1. The molecule has 0 aliphatic heterocycles. The van der Waals surface area contributed by atoms with Crippen molar-refractivity contribution in [3.8, 4) is 5.75 Å². The van der Waals surface area contributed by atoms with Gasteiger partial charge in [0.15, 0.2) is 6.61 Å². The van der Waals surface area contributed by atoms with E-state index in [1.54, 1.807) is 17.0 Å². The van der Waals surface area contributed by atoms with Gasteiger partial charge in [0.2, 0.25) is 5.91 Å². The number of halogens is 1. The summed E-state index contributed by atoms with van der Waals surface area (Å²) in [5, 5.41) is 3.61. The highest BCUT2D eigenvalue weighted by Gasteiger charge is 2.31. The van der Waals surface area contributed by atoms with E-state index < -0.39 is 6.04 Å². The summed E-state index contributed by atoms with van der Waals surface area (Å²) in [6.45, 7) is 10.2. The lowest BCUT2D eigenvalue weighted by molar-refractivity contribution is -0.143. The quantitative estimate of drug-likeness (QED) is 0.347. The van der Waals surface area contributed by atoms with Crippen LogP contribution in [0.3, 0.4) is 0 Å². The molecule has 3 aromatic rings.